The summed E-state index contributed by atoms with van der Waals surface area (Å²) in [5, 5.41) is 4.32. The molecule has 0 radical (unpaired) electrons. The summed E-state index contributed by atoms with van der Waals surface area (Å²) in [6.45, 7) is 2.65. The van der Waals surface area contributed by atoms with Crippen LogP contribution in [0.15, 0.2) is 48.5 Å². The lowest BCUT2D eigenvalue weighted by molar-refractivity contribution is 0.235. The van der Waals surface area contributed by atoms with Crippen LogP contribution in [0.3, 0.4) is 0 Å². The van der Waals surface area contributed by atoms with Crippen LogP contribution in [0.25, 0.3) is 0 Å². The van der Waals surface area contributed by atoms with Crippen LogP contribution in [-0.4, -0.2) is 12.6 Å². The van der Waals surface area contributed by atoms with E-state index in [1.807, 2.05) is 49.4 Å². The average Bonchev–Trinajstić information content (AvgIpc) is 2.42. The number of anilines is 1. The Balaban J connectivity index is 1.90. The van der Waals surface area contributed by atoms with E-state index in [2.05, 4.69) is 5.32 Å². The van der Waals surface area contributed by atoms with Gasteiger partial charge < -0.3 is 10.1 Å². The van der Waals surface area contributed by atoms with E-state index in [1.165, 1.54) is 0 Å². The Morgan fingerprint density at radius 3 is 2.53 bits per heavy atom. The van der Waals surface area contributed by atoms with Crippen molar-refractivity contribution in [1.29, 1.82) is 0 Å². The van der Waals surface area contributed by atoms with Gasteiger partial charge in [0.1, 0.15) is 11.9 Å². The van der Waals surface area contributed by atoms with E-state index in [1.54, 1.807) is 6.07 Å². The van der Waals surface area contributed by atoms with Crippen molar-refractivity contribution >= 4 is 28.9 Å². The number of rotatable bonds is 5. The summed E-state index contributed by atoms with van der Waals surface area (Å²) in [4.78, 5) is 0. The zero-order valence-corrected chi connectivity index (χ0v) is 12.1. The second-order valence-corrected chi connectivity index (χ2v) is 5.01. The van der Waals surface area contributed by atoms with E-state index in [0.717, 1.165) is 11.4 Å². The van der Waals surface area contributed by atoms with Crippen molar-refractivity contribution in [2.45, 2.75) is 13.0 Å². The van der Waals surface area contributed by atoms with E-state index < -0.39 is 0 Å². The number of nitrogens with one attached hydrogen (secondary N) is 1. The Bertz CT molecular complexity index is 531. The average molecular weight is 296 g/mol. The highest BCUT2D eigenvalue weighted by Crippen LogP contribution is 2.29. The zero-order valence-electron chi connectivity index (χ0n) is 10.6. The lowest BCUT2D eigenvalue weighted by atomic mass is 10.3. The van der Waals surface area contributed by atoms with Gasteiger partial charge in [-0.3, -0.25) is 0 Å². The molecule has 1 N–H and O–H groups in total. The lowest BCUT2D eigenvalue weighted by Gasteiger charge is -2.17. The third-order valence-corrected chi connectivity index (χ3v) is 3.43. The van der Waals surface area contributed by atoms with Gasteiger partial charge in [0, 0.05) is 0 Å². The number of ether oxygens (including phenoxy) is 1. The van der Waals surface area contributed by atoms with Gasteiger partial charge in [-0.25, -0.2) is 0 Å². The lowest BCUT2D eigenvalue weighted by Crippen LogP contribution is -2.22. The normalized spacial score (nSPS) is 11.9. The van der Waals surface area contributed by atoms with Gasteiger partial charge in [0.15, 0.2) is 0 Å². The van der Waals surface area contributed by atoms with Gasteiger partial charge in [-0.1, -0.05) is 47.5 Å². The van der Waals surface area contributed by atoms with Crippen LogP contribution in [0.2, 0.25) is 10.0 Å². The number of hydrogen-bond acceptors (Lipinski definition) is 2. The molecular weight excluding hydrogens is 281 g/mol. The van der Waals surface area contributed by atoms with Crippen LogP contribution >= 0.6 is 23.2 Å². The van der Waals surface area contributed by atoms with E-state index in [4.69, 9.17) is 27.9 Å². The molecule has 2 nitrogen and oxygen atoms in total. The summed E-state index contributed by atoms with van der Waals surface area (Å²) >= 11 is 12.1. The first kappa shape index (κ1) is 14.0. The molecule has 1 unspecified atom stereocenters. The fourth-order valence-corrected chi connectivity index (χ4v) is 2.03. The molecular formula is C15H15Cl2NO. The van der Waals surface area contributed by atoms with E-state index in [0.29, 0.717) is 16.6 Å². The summed E-state index contributed by atoms with van der Waals surface area (Å²) in [7, 11) is 0. The van der Waals surface area contributed by atoms with Crippen molar-refractivity contribution in [1.82, 2.24) is 0 Å². The highest BCUT2D eigenvalue weighted by atomic mass is 35.5. The maximum absolute atomic E-state index is 6.10. The molecule has 0 saturated carbocycles. The van der Waals surface area contributed by atoms with Crippen LogP contribution in [0, 0.1) is 0 Å². The summed E-state index contributed by atoms with van der Waals surface area (Å²) < 4.78 is 5.77. The van der Waals surface area contributed by atoms with Gasteiger partial charge in [0.25, 0.3) is 0 Å². The van der Waals surface area contributed by atoms with Gasteiger partial charge in [0.2, 0.25) is 0 Å². The third kappa shape index (κ3) is 4.05. The molecule has 100 valence electrons. The number of halogens is 2. The van der Waals surface area contributed by atoms with Crippen molar-refractivity contribution in [2.75, 3.05) is 11.9 Å². The molecule has 0 fully saturated rings. The number of para-hydroxylation sites is 1. The highest BCUT2D eigenvalue weighted by Gasteiger charge is 2.07. The summed E-state index contributed by atoms with van der Waals surface area (Å²) in [5.41, 5.74) is 0.817. The van der Waals surface area contributed by atoms with Gasteiger partial charge in [0.05, 0.1) is 22.3 Å². The monoisotopic (exact) mass is 295 g/mol. The molecule has 1 atom stereocenters. The summed E-state index contributed by atoms with van der Waals surface area (Å²) in [6, 6.07) is 15.2. The Morgan fingerprint density at radius 2 is 1.79 bits per heavy atom. The smallest absolute Gasteiger partial charge is 0.119 e. The molecule has 0 spiro atoms. The van der Waals surface area contributed by atoms with Gasteiger partial charge in [-0.2, -0.15) is 0 Å². The molecule has 0 aromatic heterocycles. The fraction of sp³-hybridized carbons (Fsp3) is 0.200. The minimum absolute atomic E-state index is 0.0254. The first-order chi connectivity index (χ1) is 9.16. The van der Waals surface area contributed by atoms with Crippen molar-refractivity contribution in [3.8, 4) is 5.75 Å². The van der Waals surface area contributed by atoms with Gasteiger partial charge >= 0.3 is 0 Å². The first-order valence-electron chi connectivity index (χ1n) is 6.06. The third-order valence-electron chi connectivity index (χ3n) is 2.61. The molecule has 0 saturated heterocycles. The topological polar surface area (TPSA) is 21.3 Å². The standard InChI is InChI=1S/C15H15Cl2NO/c1-11(19-12-6-3-2-4-7-12)10-18-14-9-5-8-13(16)15(14)17/h2-9,11,18H,10H2,1H3. The van der Waals surface area contributed by atoms with Crippen LogP contribution in [-0.2, 0) is 0 Å². The van der Waals surface area contributed by atoms with Crippen LogP contribution in [0.1, 0.15) is 6.92 Å². The molecule has 0 bridgehead atoms. The minimum atomic E-state index is 0.0254. The first-order valence-corrected chi connectivity index (χ1v) is 6.82. The molecule has 2 rings (SSSR count). The predicted octanol–water partition coefficient (Wildman–Crippen LogP) is 4.87. The van der Waals surface area contributed by atoms with Crippen LogP contribution in [0.5, 0.6) is 5.75 Å². The summed E-state index contributed by atoms with van der Waals surface area (Å²) in [6.07, 6.45) is 0.0254. The van der Waals surface area contributed by atoms with E-state index >= 15 is 0 Å². The van der Waals surface area contributed by atoms with Crippen LogP contribution in [0.4, 0.5) is 5.69 Å². The quantitative estimate of drug-likeness (QED) is 0.849. The fourth-order valence-electron chi connectivity index (χ4n) is 1.67. The molecule has 4 heteroatoms. The van der Waals surface area contributed by atoms with E-state index in [9.17, 15) is 0 Å². The van der Waals surface area contributed by atoms with Gasteiger partial charge in [-0.05, 0) is 31.2 Å². The van der Waals surface area contributed by atoms with Crippen molar-refractivity contribution < 1.29 is 4.74 Å². The second-order valence-electron chi connectivity index (χ2n) is 4.22. The SMILES string of the molecule is CC(CNc1cccc(Cl)c1Cl)Oc1ccccc1. The molecule has 0 amide bonds. The maximum atomic E-state index is 6.10. The number of hydrogen-bond donors (Lipinski definition) is 1. The molecule has 2 aromatic rings. The largest absolute Gasteiger partial charge is 0.489 e. The van der Waals surface area contributed by atoms with Gasteiger partial charge in [-0.15, -0.1) is 0 Å². The van der Waals surface area contributed by atoms with Crippen molar-refractivity contribution in [3.05, 3.63) is 58.6 Å². The zero-order chi connectivity index (χ0) is 13.7. The molecule has 0 aliphatic carbocycles. The summed E-state index contributed by atoms with van der Waals surface area (Å²) in [5.74, 6) is 0.856. The molecule has 0 aliphatic heterocycles. The molecule has 19 heavy (non-hydrogen) atoms. The molecule has 0 aliphatic rings. The number of benzene rings is 2. The van der Waals surface area contributed by atoms with Crippen LogP contribution < -0.4 is 10.1 Å². The van der Waals surface area contributed by atoms with E-state index in [-0.39, 0.29) is 6.10 Å². The second kappa shape index (κ2) is 6.69. The van der Waals surface area contributed by atoms with Crippen molar-refractivity contribution in [2.24, 2.45) is 0 Å². The Morgan fingerprint density at radius 1 is 1.05 bits per heavy atom. The Kier molecular flexibility index (Phi) is 4.94. The van der Waals surface area contributed by atoms with Crippen molar-refractivity contribution in [3.63, 3.8) is 0 Å². The highest BCUT2D eigenvalue weighted by molar-refractivity contribution is 6.43. The molecule has 2 aromatic carbocycles. The molecule has 0 heterocycles. The Labute approximate surface area is 123 Å². The Hall–Kier alpha value is -1.38. The predicted molar refractivity (Wildman–Crippen MR) is 81.5 cm³/mol. The maximum Gasteiger partial charge on any atom is 0.119 e. The minimum Gasteiger partial charge on any atom is -0.489 e.